The first-order chi connectivity index (χ1) is 18.4. The van der Waals surface area contributed by atoms with Gasteiger partial charge in [0.2, 0.25) is 5.89 Å². The second kappa shape index (κ2) is 10.2. The Morgan fingerprint density at radius 1 is 1.00 bits per heavy atom. The number of anilines is 1. The van der Waals surface area contributed by atoms with E-state index in [2.05, 4.69) is 10.3 Å². The highest BCUT2D eigenvalue weighted by Gasteiger charge is 2.27. The molecule has 5 rings (SSSR count). The number of ether oxygens (including phenoxy) is 1. The van der Waals surface area contributed by atoms with Crippen LogP contribution in [0.2, 0.25) is 0 Å². The Morgan fingerprint density at radius 3 is 2.42 bits per heavy atom. The summed E-state index contributed by atoms with van der Waals surface area (Å²) in [6.07, 6.45) is -0.912. The normalized spacial score (nSPS) is 11.9. The van der Waals surface area contributed by atoms with E-state index in [0.717, 1.165) is 0 Å². The summed E-state index contributed by atoms with van der Waals surface area (Å²) in [5, 5.41) is 2.68. The molecular weight excluding hydrogens is 484 g/mol. The molecule has 0 radical (unpaired) electrons. The van der Waals surface area contributed by atoms with E-state index in [1.54, 1.807) is 68.0 Å². The van der Waals surface area contributed by atoms with E-state index in [4.69, 9.17) is 9.15 Å². The van der Waals surface area contributed by atoms with Crippen molar-refractivity contribution >= 4 is 28.7 Å². The largest absolute Gasteiger partial charge is 0.449 e. The second-order valence-corrected chi connectivity index (χ2v) is 8.76. The quantitative estimate of drug-likeness (QED) is 0.313. The highest BCUT2D eigenvalue weighted by molar-refractivity contribution is 6.00. The summed E-state index contributed by atoms with van der Waals surface area (Å²) < 4.78 is 14.6. The number of hydrogen-bond acceptors (Lipinski definition) is 6. The molecule has 0 saturated heterocycles. The molecule has 3 aromatic carbocycles. The summed E-state index contributed by atoms with van der Waals surface area (Å²) >= 11 is 0. The van der Waals surface area contributed by atoms with Crippen LogP contribution in [0.5, 0.6) is 0 Å². The van der Waals surface area contributed by atoms with E-state index in [9.17, 15) is 14.4 Å². The van der Waals surface area contributed by atoms with Crippen molar-refractivity contribution in [2.75, 3.05) is 5.32 Å². The van der Waals surface area contributed by atoms with Crippen molar-refractivity contribution in [3.63, 3.8) is 0 Å². The summed E-state index contributed by atoms with van der Waals surface area (Å²) in [5.74, 6) is -1.01. The average Bonchev–Trinajstić information content (AvgIpc) is 3.46. The van der Waals surface area contributed by atoms with E-state index < -0.39 is 18.0 Å². The zero-order valence-corrected chi connectivity index (χ0v) is 21.2. The summed E-state index contributed by atoms with van der Waals surface area (Å²) in [4.78, 5) is 44.0. The molecule has 1 amide bonds. The topological polar surface area (TPSA) is 108 Å². The van der Waals surface area contributed by atoms with Gasteiger partial charge in [0.05, 0.1) is 22.5 Å². The van der Waals surface area contributed by atoms with Gasteiger partial charge in [0, 0.05) is 7.05 Å². The molecule has 1 atom stereocenters. The third kappa shape index (κ3) is 4.50. The second-order valence-electron chi connectivity index (χ2n) is 8.76. The first-order valence-corrected chi connectivity index (χ1v) is 12.2. The van der Waals surface area contributed by atoms with E-state index in [1.807, 2.05) is 36.4 Å². The lowest BCUT2D eigenvalue weighted by Gasteiger charge is -2.16. The third-order valence-corrected chi connectivity index (χ3v) is 6.39. The molecule has 0 saturated carbocycles. The zero-order chi connectivity index (χ0) is 26.8. The molecule has 0 spiro atoms. The van der Waals surface area contributed by atoms with Crippen LogP contribution in [0.1, 0.15) is 29.4 Å². The first-order valence-electron chi connectivity index (χ1n) is 12.2. The fourth-order valence-corrected chi connectivity index (χ4v) is 4.27. The fourth-order valence-electron chi connectivity index (χ4n) is 4.27. The Kier molecular flexibility index (Phi) is 6.66. The van der Waals surface area contributed by atoms with Gasteiger partial charge in [-0.3, -0.25) is 14.3 Å². The Balaban J connectivity index is 1.39. The Labute approximate surface area is 218 Å². The van der Waals surface area contributed by atoms with Crippen LogP contribution >= 0.6 is 0 Å². The number of aromatic nitrogens is 3. The van der Waals surface area contributed by atoms with E-state index in [0.29, 0.717) is 28.0 Å². The zero-order valence-electron chi connectivity index (χ0n) is 21.2. The van der Waals surface area contributed by atoms with Gasteiger partial charge in [-0.1, -0.05) is 49.4 Å². The SMILES string of the molecule is CCC(OC(=O)c1ccccc1-c1nc2ccccc2o1)C(=O)Nc1c(C)n(C)n(-c2ccccc2)c1=O. The standard InChI is InChI=1S/C29H26N4O5/c1-4-23(26(34)31-25-18(2)32(3)33(28(25)35)19-12-6-5-7-13-19)38-29(36)21-15-9-8-14-20(21)27-30-22-16-10-11-17-24(22)37-27/h5-17,23H,4H2,1-3H3,(H,31,34). The molecule has 0 bridgehead atoms. The molecule has 192 valence electrons. The number of hydrogen-bond donors (Lipinski definition) is 1. The maximum atomic E-state index is 13.2. The summed E-state index contributed by atoms with van der Waals surface area (Å²) in [6.45, 7) is 3.46. The maximum Gasteiger partial charge on any atom is 0.339 e. The predicted octanol–water partition coefficient (Wildman–Crippen LogP) is 4.87. The number of fused-ring (bicyclic) bond motifs is 1. The van der Waals surface area contributed by atoms with Crippen LogP contribution in [0.15, 0.2) is 88.1 Å². The number of esters is 1. The predicted molar refractivity (Wildman–Crippen MR) is 143 cm³/mol. The van der Waals surface area contributed by atoms with Gasteiger partial charge in [0.15, 0.2) is 11.7 Å². The number of oxazole rings is 1. The molecule has 5 aromatic rings. The molecular formula is C29H26N4O5. The first kappa shape index (κ1) is 24.8. The Morgan fingerprint density at radius 2 is 1.68 bits per heavy atom. The van der Waals surface area contributed by atoms with Crippen molar-refractivity contribution < 1.29 is 18.7 Å². The summed E-state index contributed by atoms with van der Waals surface area (Å²) in [5.41, 5.74) is 2.90. The fraction of sp³-hybridized carbons (Fsp3) is 0.172. The van der Waals surface area contributed by atoms with Gasteiger partial charge >= 0.3 is 5.97 Å². The molecule has 38 heavy (non-hydrogen) atoms. The molecule has 1 N–H and O–H groups in total. The molecule has 2 heterocycles. The number of carbonyl (C=O) groups is 2. The number of benzene rings is 3. The number of carbonyl (C=O) groups excluding carboxylic acids is 2. The van der Waals surface area contributed by atoms with E-state index >= 15 is 0 Å². The highest BCUT2D eigenvalue weighted by atomic mass is 16.5. The lowest BCUT2D eigenvalue weighted by molar-refractivity contribution is -0.124. The number of rotatable bonds is 7. The third-order valence-electron chi connectivity index (χ3n) is 6.39. The van der Waals surface area contributed by atoms with Gasteiger partial charge in [-0.05, 0) is 49.7 Å². The van der Waals surface area contributed by atoms with Crippen molar-refractivity contribution in [3.8, 4) is 17.1 Å². The molecule has 9 nitrogen and oxygen atoms in total. The van der Waals surface area contributed by atoms with Crippen LogP contribution in [0, 0.1) is 6.92 Å². The van der Waals surface area contributed by atoms with Crippen molar-refractivity contribution in [2.45, 2.75) is 26.4 Å². The van der Waals surface area contributed by atoms with Crippen LogP contribution in [0.25, 0.3) is 28.2 Å². The summed E-state index contributed by atoms with van der Waals surface area (Å²) in [6, 6.07) is 23.2. The minimum atomic E-state index is -1.12. The molecule has 2 aromatic heterocycles. The highest BCUT2D eigenvalue weighted by Crippen LogP contribution is 2.28. The molecule has 0 aliphatic carbocycles. The lowest BCUT2D eigenvalue weighted by Crippen LogP contribution is -2.34. The average molecular weight is 511 g/mol. The Bertz CT molecular complexity index is 1660. The van der Waals surface area contributed by atoms with Crippen LogP contribution in [-0.4, -0.2) is 32.3 Å². The van der Waals surface area contributed by atoms with Crippen LogP contribution in [-0.2, 0) is 16.6 Å². The van der Waals surface area contributed by atoms with Gasteiger partial charge in [0.1, 0.15) is 11.2 Å². The van der Waals surface area contributed by atoms with Gasteiger partial charge in [-0.25, -0.2) is 14.5 Å². The summed E-state index contributed by atoms with van der Waals surface area (Å²) in [7, 11) is 1.74. The van der Waals surface area contributed by atoms with Crippen LogP contribution in [0.4, 0.5) is 5.69 Å². The Hall–Kier alpha value is -4.92. The number of amides is 1. The van der Waals surface area contributed by atoms with Crippen LogP contribution < -0.4 is 10.9 Å². The maximum absolute atomic E-state index is 13.2. The molecule has 1 unspecified atom stereocenters. The van der Waals surface area contributed by atoms with Gasteiger partial charge in [-0.15, -0.1) is 0 Å². The van der Waals surface area contributed by atoms with E-state index in [-0.39, 0.29) is 29.1 Å². The van der Waals surface area contributed by atoms with Crippen LogP contribution in [0.3, 0.4) is 0 Å². The van der Waals surface area contributed by atoms with Crippen molar-refractivity contribution in [1.29, 1.82) is 0 Å². The van der Waals surface area contributed by atoms with Gasteiger partial charge in [0.25, 0.3) is 11.5 Å². The van der Waals surface area contributed by atoms with Gasteiger partial charge < -0.3 is 14.5 Å². The monoisotopic (exact) mass is 510 g/mol. The smallest absolute Gasteiger partial charge is 0.339 e. The van der Waals surface area contributed by atoms with Crippen molar-refractivity contribution in [2.24, 2.45) is 7.05 Å². The minimum Gasteiger partial charge on any atom is -0.449 e. The number of para-hydroxylation sites is 3. The molecule has 0 aliphatic rings. The molecule has 0 fully saturated rings. The van der Waals surface area contributed by atoms with E-state index in [1.165, 1.54) is 4.68 Å². The van der Waals surface area contributed by atoms with Gasteiger partial charge in [-0.2, -0.15) is 0 Å². The molecule has 0 aliphatic heterocycles. The van der Waals surface area contributed by atoms with Crippen molar-refractivity contribution in [3.05, 3.63) is 100 Å². The molecule has 9 heteroatoms. The lowest BCUT2D eigenvalue weighted by atomic mass is 10.1. The number of nitrogens with one attached hydrogen (secondary N) is 1. The number of nitrogens with zero attached hydrogens (tertiary/aromatic N) is 3. The van der Waals surface area contributed by atoms with Crippen molar-refractivity contribution in [1.82, 2.24) is 14.3 Å². The minimum absolute atomic E-state index is 0.128.